The summed E-state index contributed by atoms with van der Waals surface area (Å²) in [4.78, 5) is 18.1. The van der Waals surface area contributed by atoms with Gasteiger partial charge in [0.15, 0.2) is 0 Å². The van der Waals surface area contributed by atoms with E-state index in [0.29, 0.717) is 10.2 Å². The van der Waals surface area contributed by atoms with Gasteiger partial charge in [0.1, 0.15) is 22.8 Å². The van der Waals surface area contributed by atoms with E-state index in [4.69, 9.17) is 0 Å². The smallest absolute Gasteiger partial charge is 0.267 e. The molecule has 0 saturated carbocycles. The molecule has 0 fully saturated rings. The first kappa shape index (κ1) is 14.5. The monoisotopic (exact) mass is 319 g/mol. The quantitative estimate of drug-likeness (QED) is 0.696. The number of nitrogens with zero attached hydrogens (tertiary/aromatic N) is 3. The maximum Gasteiger partial charge on any atom is 0.282 e. The first-order valence-electron chi connectivity index (χ1n) is 6.58. The summed E-state index contributed by atoms with van der Waals surface area (Å²) < 4.78 is 28.0. The number of aryl methyl sites for hydroxylation is 1. The number of hydrogen-bond donors (Lipinski definition) is 0. The molecular formula is C15H11F2N3OS. The largest absolute Gasteiger partial charge is 0.282 e. The second kappa shape index (κ2) is 5.76. The average molecular weight is 319 g/mol. The molecule has 3 aromatic rings. The molecule has 0 aliphatic heterocycles. The summed E-state index contributed by atoms with van der Waals surface area (Å²) in [6, 6.07) is 5.28. The van der Waals surface area contributed by atoms with E-state index in [0.717, 1.165) is 34.3 Å². The van der Waals surface area contributed by atoms with Crippen molar-refractivity contribution in [3.05, 3.63) is 63.0 Å². The fourth-order valence-electron chi connectivity index (χ4n) is 1.97. The number of hydrogen-bond acceptors (Lipinski definition) is 4. The van der Waals surface area contributed by atoms with E-state index in [-0.39, 0.29) is 11.1 Å². The van der Waals surface area contributed by atoms with Crippen LogP contribution in [0.25, 0.3) is 10.2 Å². The highest BCUT2D eigenvalue weighted by Gasteiger charge is 2.09. The van der Waals surface area contributed by atoms with Crippen molar-refractivity contribution in [1.29, 1.82) is 0 Å². The molecular weight excluding hydrogens is 308 g/mol. The molecule has 0 bridgehead atoms. The molecule has 0 N–H and O–H groups in total. The Hall–Kier alpha value is -2.41. The molecule has 0 amide bonds. The van der Waals surface area contributed by atoms with Crippen LogP contribution in [0.15, 0.2) is 40.5 Å². The molecule has 7 heteroatoms. The molecule has 0 unspecified atom stereocenters. The number of fused-ring (bicyclic) bond motifs is 1. The van der Waals surface area contributed by atoms with Crippen molar-refractivity contribution < 1.29 is 8.78 Å². The first-order chi connectivity index (χ1) is 10.6. The zero-order valence-electron chi connectivity index (χ0n) is 11.6. The van der Waals surface area contributed by atoms with Crippen LogP contribution in [-0.4, -0.2) is 15.9 Å². The molecule has 3 rings (SSSR count). The minimum absolute atomic E-state index is 0.297. The van der Waals surface area contributed by atoms with E-state index >= 15 is 0 Å². The third kappa shape index (κ3) is 2.55. The highest BCUT2D eigenvalue weighted by atomic mass is 32.1. The number of halogens is 2. The SMILES string of the molecule is CCc1cc2c(=O)n(N=Cc3c(F)cccc3F)cnc2s1. The van der Waals surface area contributed by atoms with Crippen molar-refractivity contribution >= 4 is 27.8 Å². The lowest BCUT2D eigenvalue weighted by Crippen LogP contribution is -2.16. The molecule has 0 saturated heterocycles. The van der Waals surface area contributed by atoms with E-state index in [1.807, 2.05) is 6.92 Å². The molecule has 1 aromatic carbocycles. The zero-order valence-corrected chi connectivity index (χ0v) is 12.4. The summed E-state index contributed by atoms with van der Waals surface area (Å²) in [6.07, 6.45) is 3.03. The summed E-state index contributed by atoms with van der Waals surface area (Å²) in [5.41, 5.74) is -0.664. The van der Waals surface area contributed by atoms with Gasteiger partial charge in [0.05, 0.1) is 17.2 Å². The molecule has 0 aliphatic rings. The fraction of sp³-hybridized carbons (Fsp3) is 0.133. The van der Waals surface area contributed by atoms with Crippen LogP contribution in [0.3, 0.4) is 0 Å². The van der Waals surface area contributed by atoms with Crippen LogP contribution in [0.5, 0.6) is 0 Å². The molecule has 0 radical (unpaired) electrons. The van der Waals surface area contributed by atoms with Crippen molar-refractivity contribution in [2.75, 3.05) is 0 Å². The zero-order chi connectivity index (χ0) is 15.7. The fourth-order valence-corrected chi connectivity index (χ4v) is 2.90. The lowest BCUT2D eigenvalue weighted by atomic mass is 10.2. The van der Waals surface area contributed by atoms with Crippen LogP contribution in [0.2, 0.25) is 0 Å². The minimum Gasteiger partial charge on any atom is -0.267 e. The van der Waals surface area contributed by atoms with Gasteiger partial charge in [-0.1, -0.05) is 13.0 Å². The normalized spacial score (nSPS) is 11.6. The Morgan fingerprint density at radius 2 is 2.09 bits per heavy atom. The maximum absolute atomic E-state index is 13.5. The van der Waals surface area contributed by atoms with Crippen LogP contribution in [0.4, 0.5) is 8.78 Å². The molecule has 0 aliphatic carbocycles. The molecule has 4 nitrogen and oxygen atoms in total. The topological polar surface area (TPSA) is 47.2 Å². The van der Waals surface area contributed by atoms with Gasteiger partial charge in [0, 0.05) is 4.88 Å². The number of thiophene rings is 1. The molecule has 2 heterocycles. The Labute approximate surface area is 128 Å². The van der Waals surface area contributed by atoms with Crippen LogP contribution in [0.1, 0.15) is 17.4 Å². The van der Waals surface area contributed by atoms with Gasteiger partial charge in [-0.05, 0) is 24.6 Å². The first-order valence-corrected chi connectivity index (χ1v) is 7.40. The van der Waals surface area contributed by atoms with Crippen molar-refractivity contribution in [3.63, 3.8) is 0 Å². The van der Waals surface area contributed by atoms with Crippen molar-refractivity contribution in [2.24, 2.45) is 5.10 Å². The van der Waals surface area contributed by atoms with Crippen LogP contribution in [-0.2, 0) is 6.42 Å². The number of benzene rings is 1. The Kier molecular flexibility index (Phi) is 3.81. The lowest BCUT2D eigenvalue weighted by molar-refractivity contribution is 0.579. The Morgan fingerprint density at radius 1 is 1.36 bits per heavy atom. The molecule has 112 valence electrons. The van der Waals surface area contributed by atoms with Crippen LogP contribution >= 0.6 is 11.3 Å². The summed E-state index contributed by atoms with van der Waals surface area (Å²) in [5.74, 6) is -1.48. The van der Waals surface area contributed by atoms with Crippen molar-refractivity contribution in [2.45, 2.75) is 13.3 Å². The van der Waals surface area contributed by atoms with Crippen molar-refractivity contribution in [1.82, 2.24) is 9.66 Å². The number of rotatable bonds is 3. The molecule has 22 heavy (non-hydrogen) atoms. The second-order valence-electron chi connectivity index (χ2n) is 4.56. The van der Waals surface area contributed by atoms with Crippen LogP contribution in [0, 0.1) is 11.6 Å². The van der Waals surface area contributed by atoms with E-state index in [2.05, 4.69) is 10.1 Å². The molecule has 0 atom stereocenters. The molecule has 2 aromatic heterocycles. The lowest BCUT2D eigenvalue weighted by Gasteiger charge is -1.99. The predicted octanol–water partition coefficient (Wildman–Crippen LogP) is 3.18. The predicted molar refractivity (Wildman–Crippen MR) is 82.6 cm³/mol. The standard InChI is InChI=1S/C15H11F2N3OS/c1-2-9-6-10-14(22-9)18-8-20(15(10)21)19-7-11-12(16)4-3-5-13(11)17/h3-8H,2H2,1H3. The van der Waals surface area contributed by atoms with E-state index in [1.165, 1.54) is 23.7 Å². The van der Waals surface area contributed by atoms with Gasteiger partial charge in [-0.15, -0.1) is 11.3 Å². The van der Waals surface area contributed by atoms with Gasteiger partial charge in [0.25, 0.3) is 5.56 Å². The number of aromatic nitrogens is 2. The Balaban J connectivity index is 2.06. The minimum atomic E-state index is -0.741. The summed E-state index contributed by atoms with van der Waals surface area (Å²) in [5, 5.41) is 4.28. The van der Waals surface area contributed by atoms with Gasteiger partial charge < -0.3 is 0 Å². The Bertz CT molecular complexity index is 910. The van der Waals surface area contributed by atoms with Gasteiger partial charge in [-0.25, -0.2) is 13.8 Å². The van der Waals surface area contributed by atoms with Gasteiger partial charge in [-0.2, -0.15) is 9.78 Å². The average Bonchev–Trinajstić information content (AvgIpc) is 2.93. The van der Waals surface area contributed by atoms with E-state index in [1.54, 1.807) is 6.07 Å². The highest BCUT2D eigenvalue weighted by molar-refractivity contribution is 7.18. The summed E-state index contributed by atoms with van der Waals surface area (Å²) in [7, 11) is 0. The Morgan fingerprint density at radius 3 is 2.77 bits per heavy atom. The van der Waals surface area contributed by atoms with Gasteiger partial charge in [-0.3, -0.25) is 4.79 Å². The summed E-state index contributed by atoms with van der Waals surface area (Å²) in [6.45, 7) is 1.99. The van der Waals surface area contributed by atoms with Crippen LogP contribution < -0.4 is 5.56 Å². The maximum atomic E-state index is 13.5. The van der Waals surface area contributed by atoms with Crippen molar-refractivity contribution in [3.8, 4) is 0 Å². The third-order valence-corrected chi connectivity index (χ3v) is 4.33. The third-order valence-electron chi connectivity index (χ3n) is 3.15. The van der Waals surface area contributed by atoms with Gasteiger partial charge in [0.2, 0.25) is 0 Å². The second-order valence-corrected chi connectivity index (χ2v) is 5.67. The van der Waals surface area contributed by atoms with Gasteiger partial charge >= 0.3 is 0 Å². The summed E-state index contributed by atoms with van der Waals surface area (Å²) >= 11 is 1.44. The molecule has 0 spiro atoms. The highest BCUT2D eigenvalue weighted by Crippen LogP contribution is 2.20. The van der Waals surface area contributed by atoms with E-state index < -0.39 is 11.6 Å². The van der Waals surface area contributed by atoms with E-state index in [9.17, 15) is 13.6 Å².